The van der Waals surface area contributed by atoms with Crippen molar-refractivity contribution in [2.24, 2.45) is 5.92 Å². The van der Waals surface area contributed by atoms with Crippen molar-refractivity contribution in [3.8, 4) is 11.3 Å². The highest BCUT2D eigenvalue weighted by Crippen LogP contribution is 2.32. The van der Waals surface area contributed by atoms with E-state index in [1.165, 1.54) is 11.8 Å². The summed E-state index contributed by atoms with van der Waals surface area (Å²) < 4.78 is 28.9. The molecule has 0 radical (unpaired) electrons. The van der Waals surface area contributed by atoms with Crippen LogP contribution in [0.3, 0.4) is 0 Å². The van der Waals surface area contributed by atoms with Gasteiger partial charge in [0.15, 0.2) is 15.6 Å². The van der Waals surface area contributed by atoms with Crippen LogP contribution in [0.1, 0.15) is 22.7 Å². The Balaban J connectivity index is 1.32. The maximum absolute atomic E-state index is 13.2. The van der Waals surface area contributed by atoms with Crippen LogP contribution >= 0.6 is 11.8 Å². The van der Waals surface area contributed by atoms with Gasteiger partial charge in [0.1, 0.15) is 0 Å². The largest absolute Gasteiger partial charge is 0.416 e. The van der Waals surface area contributed by atoms with Crippen molar-refractivity contribution in [2.75, 3.05) is 17.3 Å². The Morgan fingerprint density at radius 2 is 1.88 bits per heavy atom. The third-order valence-electron chi connectivity index (χ3n) is 5.61. The van der Waals surface area contributed by atoms with Crippen molar-refractivity contribution in [1.82, 2.24) is 15.2 Å². The Morgan fingerprint density at radius 3 is 2.66 bits per heavy atom. The molecule has 1 N–H and O–H groups in total. The minimum Gasteiger partial charge on any atom is -0.416 e. The lowest BCUT2D eigenvalue weighted by atomic mass is 10.0. The molecule has 164 valence electrons. The number of benzene rings is 2. The SMILES string of the molecule is O=C(CSc1nnc(CC2CCS(=O)(=O)C2)o1)c1c(-c2ccccc2)[nH]c2ccccc12. The lowest BCUT2D eigenvalue weighted by Crippen LogP contribution is -2.07. The fourth-order valence-electron chi connectivity index (χ4n) is 4.11. The van der Waals surface area contributed by atoms with Crippen LogP contribution in [0.15, 0.2) is 64.2 Å². The molecule has 1 saturated heterocycles. The van der Waals surface area contributed by atoms with Crippen molar-refractivity contribution in [2.45, 2.75) is 18.1 Å². The summed E-state index contributed by atoms with van der Waals surface area (Å²) in [6.45, 7) is 0. The molecule has 32 heavy (non-hydrogen) atoms. The van der Waals surface area contributed by atoms with Crippen LogP contribution in [0.2, 0.25) is 0 Å². The first-order valence-electron chi connectivity index (χ1n) is 10.3. The predicted octanol–water partition coefficient (Wildman–Crippen LogP) is 4.17. The zero-order valence-corrected chi connectivity index (χ0v) is 18.8. The van der Waals surface area contributed by atoms with Crippen LogP contribution in [0.4, 0.5) is 0 Å². The number of thioether (sulfide) groups is 1. The summed E-state index contributed by atoms with van der Waals surface area (Å²) in [6.07, 6.45) is 1.07. The molecule has 1 fully saturated rings. The molecule has 1 aliphatic heterocycles. The highest BCUT2D eigenvalue weighted by Gasteiger charge is 2.29. The smallest absolute Gasteiger partial charge is 0.277 e. The zero-order valence-electron chi connectivity index (χ0n) is 17.2. The van der Waals surface area contributed by atoms with Gasteiger partial charge < -0.3 is 9.40 Å². The molecule has 1 unspecified atom stereocenters. The lowest BCUT2D eigenvalue weighted by molar-refractivity contribution is 0.102. The van der Waals surface area contributed by atoms with E-state index in [1.54, 1.807) is 0 Å². The fraction of sp³-hybridized carbons (Fsp3) is 0.261. The highest BCUT2D eigenvalue weighted by atomic mass is 32.2. The number of carbonyl (C=O) groups excluding carboxylic acids is 1. The van der Waals surface area contributed by atoms with Crippen molar-refractivity contribution >= 4 is 38.3 Å². The van der Waals surface area contributed by atoms with E-state index < -0.39 is 9.84 Å². The number of H-pyrrole nitrogens is 1. The molecule has 5 rings (SSSR count). The summed E-state index contributed by atoms with van der Waals surface area (Å²) in [5, 5.41) is 9.26. The van der Waals surface area contributed by atoms with Crippen molar-refractivity contribution in [3.05, 3.63) is 66.1 Å². The number of aromatic amines is 1. The average Bonchev–Trinajstić information content (AvgIpc) is 3.49. The molecular weight excluding hydrogens is 446 g/mol. The third-order valence-corrected chi connectivity index (χ3v) is 8.27. The molecule has 4 aromatic rings. The molecule has 7 nitrogen and oxygen atoms in total. The van der Waals surface area contributed by atoms with Gasteiger partial charge in [0.25, 0.3) is 5.22 Å². The minimum absolute atomic E-state index is 0.0135. The van der Waals surface area contributed by atoms with Gasteiger partial charge in [-0.2, -0.15) is 0 Å². The monoisotopic (exact) mass is 467 g/mol. The number of aromatic nitrogens is 3. The number of ketones is 1. The van der Waals surface area contributed by atoms with Crippen LogP contribution < -0.4 is 0 Å². The zero-order chi connectivity index (χ0) is 22.1. The number of nitrogens with zero attached hydrogens (tertiary/aromatic N) is 2. The Bertz CT molecular complexity index is 1380. The summed E-state index contributed by atoms with van der Waals surface area (Å²) in [6, 6.07) is 17.5. The Morgan fingerprint density at radius 1 is 1.09 bits per heavy atom. The molecule has 3 heterocycles. The minimum atomic E-state index is -2.94. The Labute approximate surface area is 189 Å². The van der Waals surface area contributed by atoms with Gasteiger partial charge in [-0.1, -0.05) is 60.3 Å². The molecule has 9 heteroatoms. The van der Waals surface area contributed by atoms with Crippen molar-refractivity contribution in [1.29, 1.82) is 0 Å². The van der Waals surface area contributed by atoms with Crippen molar-refractivity contribution in [3.63, 3.8) is 0 Å². The Hall–Kier alpha value is -2.91. The summed E-state index contributed by atoms with van der Waals surface area (Å²) in [7, 11) is -2.94. The van der Waals surface area contributed by atoms with E-state index in [0.717, 1.165) is 22.2 Å². The van der Waals surface area contributed by atoms with E-state index in [2.05, 4.69) is 15.2 Å². The molecule has 2 aromatic heterocycles. The van der Waals surface area contributed by atoms with Crippen molar-refractivity contribution < 1.29 is 17.6 Å². The number of carbonyl (C=O) groups is 1. The van der Waals surface area contributed by atoms with E-state index >= 15 is 0 Å². The standard InChI is InChI=1S/C23H21N3O4S2/c27-19(13-31-23-26-25-20(30-23)12-15-10-11-32(28,29)14-15)21-17-8-4-5-9-18(17)24-22(21)16-6-2-1-3-7-16/h1-9,15,24H,10-14H2. The Kier molecular flexibility index (Phi) is 5.60. The highest BCUT2D eigenvalue weighted by molar-refractivity contribution is 7.99. The molecule has 1 aliphatic rings. The number of nitrogens with one attached hydrogen (secondary N) is 1. The number of sulfone groups is 1. The predicted molar refractivity (Wildman–Crippen MR) is 124 cm³/mol. The number of para-hydroxylation sites is 1. The summed E-state index contributed by atoms with van der Waals surface area (Å²) in [5.41, 5.74) is 3.30. The molecule has 0 saturated carbocycles. The number of Topliss-reactive ketones (excluding diaryl/α,β-unsaturated/α-hetero) is 1. The van der Waals surface area contributed by atoms with Gasteiger partial charge in [-0.25, -0.2) is 8.42 Å². The number of fused-ring (bicyclic) bond motifs is 1. The second kappa shape index (κ2) is 8.55. The molecule has 1 atom stereocenters. The van der Waals surface area contributed by atoms with E-state index in [9.17, 15) is 13.2 Å². The van der Waals surface area contributed by atoms with E-state index in [1.807, 2.05) is 54.6 Å². The van der Waals surface area contributed by atoms with Crippen LogP contribution in [-0.2, 0) is 16.3 Å². The molecule has 0 spiro atoms. The van der Waals surface area contributed by atoms with Crippen LogP contribution in [-0.4, -0.2) is 46.6 Å². The maximum Gasteiger partial charge on any atom is 0.277 e. The second-order valence-corrected chi connectivity index (χ2v) is 11.1. The molecule has 2 aromatic carbocycles. The van der Waals surface area contributed by atoms with Gasteiger partial charge in [0, 0.05) is 17.3 Å². The van der Waals surface area contributed by atoms with Crippen LogP contribution in [0, 0.1) is 5.92 Å². The topological polar surface area (TPSA) is 106 Å². The van der Waals surface area contributed by atoms with Crippen LogP contribution in [0.25, 0.3) is 22.2 Å². The molecule has 0 amide bonds. The van der Waals surface area contributed by atoms with Gasteiger partial charge in [-0.3, -0.25) is 4.79 Å². The third kappa shape index (κ3) is 4.35. The second-order valence-electron chi connectivity index (χ2n) is 7.93. The number of rotatable bonds is 7. The summed E-state index contributed by atoms with van der Waals surface area (Å²) >= 11 is 1.20. The first-order valence-corrected chi connectivity index (χ1v) is 13.1. The van der Waals surface area contributed by atoms with Crippen LogP contribution in [0.5, 0.6) is 0 Å². The fourth-order valence-corrected chi connectivity index (χ4v) is 6.63. The number of hydrogen-bond donors (Lipinski definition) is 1. The van der Waals surface area contributed by atoms with Gasteiger partial charge in [-0.05, 0) is 24.0 Å². The van der Waals surface area contributed by atoms with E-state index in [4.69, 9.17) is 4.42 Å². The normalized spacial score (nSPS) is 17.7. The van der Waals surface area contributed by atoms with Gasteiger partial charge >= 0.3 is 0 Å². The maximum atomic E-state index is 13.2. The first kappa shape index (κ1) is 21.0. The van der Waals surface area contributed by atoms with Gasteiger partial charge in [-0.15, -0.1) is 10.2 Å². The average molecular weight is 468 g/mol. The molecular formula is C23H21N3O4S2. The first-order chi connectivity index (χ1) is 15.5. The van der Waals surface area contributed by atoms with Gasteiger partial charge in [0.05, 0.1) is 28.5 Å². The molecule has 0 aliphatic carbocycles. The number of hydrogen-bond acceptors (Lipinski definition) is 7. The van der Waals surface area contributed by atoms with E-state index in [0.29, 0.717) is 29.5 Å². The summed E-state index contributed by atoms with van der Waals surface area (Å²) in [4.78, 5) is 16.6. The molecule has 0 bridgehead atoms. The lowest BCUT2D eigenvalue weighted by Gasteiger charge is -2.04. The van der Waals surface area contributed by atoms with Gasteiger partial charge in [0.2, 0.25) is 5.89 Å². The van der Waals surface area contributed by atoms with E-state index in [-0.39, 0.29) is 29.0 Å². The summed E-state index contributed by atoms with van der Waals surface area (Å²) in [5.74, 6) is 0.933. The quantitative estimate of drug-likeness (QED) is 0.321.